The Kier molecular flexibility index (Phi) is 5.04. The molecule has 1 saturated carbocycles. The first-order chi connectivity index (χ1) is 11.5. The molecule has 2 aliphatic rings. The number of rotatable bonds is 4. The number of hydrogen-bond acceptors (Lipinski definition) is 4. The quantitative estimate of drug-likeness (QED) is 0.885. The van der Waals surface area contributed by atoms with Crippen molar-refractivity contribution in [2.45, 2.75) is 25.7 Å². The lowest BCUT2D eigenvalue weighted by Gasteiger charge is -2.34. The molecular weight excluding hydrogens is 306 g/mol. The molecule has 0 aromatic heterocycles. The molecule has 1 aliphatic heterocycles. The highest BCUT2D eigenvalue weighted by Gasteiger charge is 2.24. The summed E-state index contributed by atoms with van der Waals surface area (Å²) in [6, 6.07) is 5.31. The standard InChI is InChI=1S/C18H25N3O3/c1-20-8-10-21(11-9-20)14-6-7-16(15(12-14)18(23)24)19-17(22)13-4-2-3-5-13/h6-7,12-13H,2-5,8-11H2,1H3,(H,19,22)(H,23,24). The van der Waals surface area contributed by atoms with Crippen LogP contribution in [0.4, 0.5) is 11.4 Å². The van der Waals surface area contributed by atoms with Crippen LogP contribution in [0.15, 0.2) is 18.2 Å². The van der Waals surface area contributed by atoms with E-state index in [9.17, 15) is 14.7 Å². The molecule has 130 valence electrons. The Balaban J connectivity index is 1.77. The molecule has 0 atom stereocenters. The first-order valence-electron chi connectivity index (χ1n) is 8.66. The molecule has 6 heteroatoms. The minimum Gasteiger partial charge on any atom is -0.478 e. The van der Waals surface area contributed by atoms with Gasteiger partial charge in [0, 0.05) is 37.8 Å². The van der Waals surface area contributed by atoms with Gasteiger partial charge in [-0.2, -0.15) is 0 Å². The van der Waals surface area contributed by atoms with E-state index in [1.807, 2.05) is 6.07 Å². The second-order valence-electron chi connectivity index (χ2n) is 6.80. The van der Waals surface area contributed by atoms with E-state index in [4.69, 9.17) is 0 Å². The molecule has 1 saturated heterocycles. The van der Waals surface area contributed by atoms with Gasteiger partial charge in [-0.3, -0.25) is 4.79 Å². The lowest BCUT2D eigenvalue weighted by molar-refractivity contribution is -0.119. The number of hydrogen-bond donors (Lipinski definition) is 2. The Morgan fingerprint density at radius 3 is 2.42 bits per heavy atom. The summed E-state index contributed by atoms with van der Waals surface area (Å²) in [7, 11) is 2.08. The number of anilines is 2. The highest BCUT2D eigenvalue weighted by molar-refractivity contribution is 6.02. The molecule has 3 rings (SSSR count). The molecule has 1 aliphatic carbocycles. The maximum Gasteiger partial charge on any atom is 0.337 e. The van der Waals surface area contributed by atoms with Crippen molar-refractivity contribution in [3.63, 3.8) is 0 Å². The molecule has 1 amide bonds. The van der Waals surface area contributed by atoms with E-state index in [-0.39, 0.29) is 17.4 Å². The summed E-state index contributed by atoms with van der Waals surface area (Å²) >= 11 is 0. The molecule has 0 spiro atoms. The molecular formula is C18H25N3O3. The number of carbonyl (C=O) groups excluding carboxylic acids is 1. The third kappa shape index (κ3) is 3.70. The number of aromatic carboxylic acids is 1. The summed E-state index contributed by atoms with van der Waals surface area (Å²) in [6.45, 7) is 3.68. The number of benzene rings is 1. The average molecular weight is 331 g/mol. The molecule has 1 aromatic rings. The van der Waals surface area contributed by atoms with Crippen LogP contribution in [0.2, 0.25) is 0 Å². The monoisotopic (exact) mass is 331 g/mol. The van der Waals surface area contributed by atoms with Crippen molar-refractivity contribution in [3.05, 3.63) is 23.8 Å². The summed E-state index contributed by atoms with van der Waals surface area (Å²) in [5.74, 6) is -1.04. The zero-order valence-corrected chi connectivity index (χ0v) is 14.1. The minimum absolute atomic E-state index is 0.0175. The maximum absolute atomic E-state index is 12.3. The predicted molar refractivity (Wildman–Crippen MR) is 93.7 cm³/mol. The Hall–Kier alpha value is -2.08. The van der Waals surface area contributed by atoms with Gasteiger partial charge < -0.3 is 20.2 Å². The van der Waals surface area contributed by atoms with Gasteiger partial charge in [-0.15, -0.1) is 0 Å². The van der Waals surface area contributed by atoms with Crippen LogP contribution in [0, 0.1) is 5.92 Å². The van der Waals surface area contributed by atoms with E-state index in [1.165, 1.54) is 0 Å². The molecule has 6 nitrogen and oxygen atoms in total. The van der Waals surface area contributed by atoms with Crippen molar-refractivity contribution < 1.29 is 14.7 Å². The van der Waals surface area contributed by atoms with E-state index in [0.29, 0.717) is 5.69 Å². The molecule has 24 heavy (non-hydrogen) atoms. The topological polar surface area (TPSA) is 72.9 Å². The third-order valence-electron chi connectivity index (χ3n) is 5.09. The van der Waals surface area contributed by atoms with Crippen molar-refractivity contribution in [1.82, 2.24) is 4.90 Å². The van der Waals surface area contributed by atoms with Gasteiger partial charge in [-0.1, -0.05) is 12.8 Å². The van der Waals surface area contributed by atoms with E-state index < -0.39 is 5.97 Å². The molecule has 1 heterocycles. The summed E-state index contributed by atoms with van der Waals surface area (Å²) in [5.41, 5.74) is 1.47. The van der Waals surface area contributed by atoms with Crippen LogP contribution in [0.25, 0.3) is 0 Å². The number of nitrogens with one attached hydrogen (secondary N) is 1. The summed E-state index contributed by atoms with van der Waals surface area (Å²) < 4.78 is 0. The molecule has 2 N–H and O–H groups in total. The van der Waals surface area contributed by atoms with E-state index in [1.54, 1.807) is 12.1 Å². The van der Waals surface area contributed by atoms with Gasteiger partial charge in [0.2, 0.25) is 5.91 Å². The van der Waals surface area contributed by atoms with Gasteiger partial charge >= 0.3 is 5.97 Å². The molecule has 2 fully saturated rings. The van der Waals surface area contributed by atoms with E-state index in [0.717, 1.165) is 57.5 Å². The van der Waals surface area contributed by atoms with Gasteiger partial charge in [-0.25, -0.2) is 4.79 Å². The van der Waals surface area contributed by atoms with Crippen molar-refractivity contribution in [1.29, 1.82) is 0 Å². The van der Waals surface area contributed by atoms with Crippen molar-refractivity contribution in [2.24, 2.45) is 5.92 Å². The first-order valence-corrected chi connectivity index (χ1v) is 8.66. The van der Waals surface area contributed by atoms with Crippen LogP contribution in [-0.2, 0) is 4.79 Å². The zero-order chi connectivity index (χ0) is 17.1. The smallest absolute Gasteiger partial charge is 0.337 e. The SMILES string of the molecule is CN1CCN(c2ccc(NC(=O)C3CCCC3)c(C(=O)O)c2)CC1. The summed E-state index contributed by atoms with van der Waals surface area (Å²) in [5, 5.41) is 12.4. The van der Waals surface area contributed by atoms with Gasteiger partial charge in [0.1, 0.15) is 0 Å². The Morgan fingerprint density at radius 2 is 1.79 bits per heavy atom. The van der Waals surface area contributed by atoms with Crippen molar-refractivity contribution in [3.8, 4) is 0 Å². The number of likely N-dealkylation sites (N-methyl/N-ethyl adjacent to an activating group) is 1. The van der Waals surface area contributed by atoms with Gasteiger partial charge in [0.15, 0.2) is 0 Å². The average Bonchev–Trinajstić information content (AvgIpc) is 3.10. The Morgan fingerprint density at radius 1 is 1.12 bits per heavy atom. The number of carbonyl (C=O) groups is 2. The second-order valence-corrected chi connectivity index (χ2v) is 6.80. The molecule has 0 radical (unpaired) electrons. The first kappa shape index (κ1) is 16.8. The molecule has 1 aromatic carbocycles. The summed E-state index contributed by atoms with van der Waals surface area (Å²) in [4.78, 5) is 28.4. The number of carboxylic acid groups (broad SMARTS) is 1. The largest absolute Gasteiger partial charge is 0.478 e. The van der Waals surface area contributed by atoms with Crippen molar-refractivity contribution in [2.75, 3.05) is 43.4 Å². The molecule has 0 unspecified atom stereocenters. The second kappa shape index (κ2) is 7.21. The highest BCUT2D eigenvalue weighted by atomic mass is 16.4. The number of piperazine rings is 1. The van der Waals surface area contributed by atoms with Crippen LogP contribution >= 0.6 is 0 Å². The number of amides is 1. The minimum atomic E-state index is -1.01. The van der Waals surface area contributed by atoms with Crippen LogP contribution in [0.3, 0.4) is 0 Å². The van der Waals surface area contributed by atoms with Crippen LogP contribution in [-0.4, -0.2) is 55.1 Å². The fourth-order valence-corrected chi connectivity index (χ4v) is 3.50. The van der Waals surface area contributed by atoms with Crippen LogP contribution < -0.4 is 10.2 Å². The van der Waals surface area contributed by atoms with Crippen LogP contribution in [0.5, 0.6) is 0 Å². The van der Waals surface area contributed by atoms with Crippen LogP contribution in [0.1, 0.15) is 36.0 Å². The maximum atomic E-state index is 12.3. The third-order valence-corrected chi connectivity index (χ3v) is 5.09. The lowest BCUT2D eigenvalue weighted by atomic mass is 10.1. The van der Waals surface area contributed by atoms with Crippen molar-refractivity contribution >= 4 is 23.3 Å². The Labute approximate surface area is 142 Å². The Bertz CT molecular complexity index is 618. The molecule has 0 bridgehead atoms. The number of carboxylic acids is 1. The number of nitrogens with zero attached hydrogens (tertiary/aromatic N) is 2. The highest BCUT2D eigenvalue weighted by Crippen LogP contribution is 2.28. The van der Waals surface area contributed by atoms with E-state index in [2.05, 4.69) is 22.2 Å². The van der Waals surface area contributed by atoms with Gasteiger partial charge in [0.05, 0.1) is 11.3 Å². The predicted octanol–water partition coefficient (Wildman–Crippen LogP) is 2.27. The normalized spacial score (nSPS) is 19.5. The van der Waals surface area contributed by atoms with E-state index >= 15 is 0 Å². The summed E-state index contributed by atoms with van der Waals surface area (Å²) in [6.07, 6.45) is 3.94. The zero-order valence-electron chi connectivity index (χ0n) is 14.1. The fourth-order valence-electron chi connectivity index (χ4n) is 3.50. The van der Waals surface area contributed by atoms with Gasteiger partial charge in [-0.05, 0) is 38.1 Å². The van der Waals surface area contributed by atoms with Gasteiger partial charge in [0.25, 0.3) is 0 Å². The fraction of sp³-hybridized carbons (Fsp3) is 0.556. The lowest BCUT2D eigenvalue weighted by Crippen LogP contribution is -2.44.